The number of amides is 2. The number of hydrogen-bond acceptors (Lipinski definition) is 4. The molecule has 1 saturated carbocycles. The second-order valence-corrected chi connectivity index (χ2v) is 8.95. The highest BCUT2D eigenvalue weighted by Crippen LogP contribution is 2.28. The summed E-state index contributed by atoms with van der Waals surface area (Å²) in [6.45, 7) is 2.32. The number of rotatable bonds is 8. The summed E-state index contributed by atoms with van der Waals surface area (Å²) in [5.74, 6) is -0.945. The van der Waals surface area contributed by atoms with Crippen LogP contribution in [0.25, 0.3) is 0 Å². The molecule has 1 aliphatic carbocycles. The summed E-state index contributed by atoms with van der Waals surface area (Å²) in [5, 5.41) is 15.3. The SMILES string of the molecule is Cc1cc(O[C@H]2CC[C@@H](C(=O)O)CC2)ccc1C(=O)NCCNC(=O)c1cc(Cl)cc(Cl)c1. The maximum atomic E-state index is 12.5. The second kappa shape index (κ2) is 11.4. The Bertz CT molecular complexity index is 1020. The van der Waals surface area contributed by atoms with Crippen LogP contribution in [0.5, 0.6) is 5.75 Å². The standard InChI is InChI=1S/C24H26Cl2N2O5/c1-14-10-20(33-19-4-2-15(3-5-19)24(31)32)6-7-21(14)23(30)28-9-8-27-22(29)16-11-17(25)13-18(26)12-16/h6-7,10-13,15,19H,2-5,8-9H2,1H3,(H,27,29)(H,28,30)(H,31,32)/t15-,19+. The molecule has 0 aliphatic heterocycles. The first kappa shape index (κ1) is 24.9. The van der Waals surface area contributed by atoms with E-state index in [-0.39, 0.29) is 36.9 Å². The van der Waals surface area contributed by atoms with Crippen LogP contribution in [0.3, 0.4) is 0 Å². The lowest BCUT2D eigenvalue weighted by Gasteiger charge is -2.27. The largest absolute Gasteiger partial charge is 0.490 e. The molecular weight excluding hydrogens is 467 g/mol. The first-order valence-corrected chi connectivity index (χ1v) is 11.5. The monoisotopic (exact) mass is 492 g/mol. The van der Waals surface area contributed by atoms with Crippen LogP contribution in [0.1, 0.15) is 52.0 Å². The quantitative estimate of drug-likeness (QED) is 0.471. The highest BCUT2D eigenvalue weighted by atomic mass is 35.5. The van der Waals surface area contributed by atoms with Crippen molar-refractivity contribution >= 4 is 41.0 Å². The van der Waals surface area contributed by atoms with Gasteiger partial charge in [0.1, 0.15) is 5.75 Å². The minimum absolute atomic E-state index is 0.0161. The number of ether oxygens (including phenoxy) is 1. The van der Waals surface area contributed by atoms with E-state index in [2.05, 4.69) is 10.6 Å². The van der Waals surface area contributed by atoms with Crippen molar-refractivity contribution in [3.8, 4) is 5.75 Å². The zero-order valence-corrected chi connectivity index (χ0v) is 19.7. The van der Waals surface area contributed by atoms with Gasteiger partial charge in [0.2, 0.25) is 0 Å². The van der Waals surface area contributed by atoms with Gasteiger partial charge in [0, 0.05) is 34.3 Å². The van der Waals surface area contributed by atoms with Gasteiger partial charge in [-0.1, -0.05) is 23.2 Å². The van der Waals surface area contributed by atoms with Crippen LogP contribution in [0, 0.1) is 12.8 Å². The molecule has 0 radical (unpaired) electrons. The van der Waals surface area contributed by atoms with Gasteiger partial charge in [-0.2, -0.15) is 0 Å². The van der Waals surface area contributed by atoms with Crippen LogP contribution in [0.4, 0.5) is 0 Å². The lowest BCUT2D eigenvalue weighted by molar-refractivity contribution is -0.143. The number of aliphatic carboxylic acids is 1. The molecule has 0 saturated heterocycles. The maximum Gasteiger partial charge on any atom is 0.306 e. The molecule has 9 heteroatoms. The minimum Gasteiger partial charge on any atom is -0.490 e. The van der Waals surface area contributed by atoms with Gasteiger partial charge in [-0.3, -0.25) is 14.4 Å². The van der Waals surface area contributed by atoms with Crippen LogP contribution in [0.2, 0.25) is 10.0 Å². The minimum atomic E-state index is -0.743. The average molecular weight is 493 g/mol. The normalized spacial score (nSPS) is 17.8. The Labute approximate surface area is 202 Å². The number of aryl methyl sites for hydroxylation is 1. The van der Waals surface area contributed by atoms with Crippen molar-refractivity contribution < 1.29 is 24.2 Å². The third kappa shape index (κ3) is 7.11. The number of carboxylic acid groups (broad SMARTS) is 1. The van der Waals surface area contributed by atoms with Crippen LogP contribution in [-0.4, -0.2) is 42.1 Å². The Kier molecular flexibility index (Phi) is 8.58. The number of carboxylic acids is 1. The highest BCUT2D eigenvalue weighted by Gasteiger charge is 2.27. The molecule has 0 spiro atoms. The fourth-order valence-corrected chi connectivity index (χ4v) is 4.34. The molecule has 176 valence electrons. The molecule has 0 aromatic heterocycles. The lowest BCUT2D eigenvalue weighted by Crippen LogP contribution is -2.35. The molecule has 0 bridgehead atoms. The summed E-state index contributed by atoms with van der Waals surface area (Å²) in [6, 6.07) is 9.84. The van der Waals surface area contributed by atoms with E-state index in [4.69, 9.17) is 33.0 Å². The number of carbonyl (C=O) groups excluding carboxylic acids is 2. The Morgan fingerprint density at radius 1 is 0.939 bits per heavy atom. The molecule has 1 aliphatic rings. The molecule has 0 atom stereocenters. The van der Waals surface area contributed by atoms with Crippen molar-refractivity contribution in [2.75, 3.05) is 13.1 Å². The maximum absolute atomic E-state index is 12.5. The molecule has 2 aromatic rings. The fraction of sp³-hybridized carbons (Fsp3) is 0.375. The number of carbonyl (C=O) groups is 3. The van der Waals surface area contributed by atoms with Gasteiger partial charge >= 0.3 is 5.97 Å². The summed E-state index contributed by atoms with van der Waals surface area (Å²) < 4.78 is 5.99. The number of hydrogen-bond donors (Lipinski definition) is 3. The van der Waals surface area contributed by atoms with Crippen molar-refractivity contribution in [3.63, 3.8) is 0 Å². The van der Waals surface area contributed by atoms with E-state index < -0.39 is 5.97 Å². The Balaban J connectivity index is 1.45. The van der Waals surface area contributed by atoms with Crippen molar-refractivity contribution in [2.45, 2.75) is 38.7 Å². The topological polar surface area (TPSA) is 105 Å². The smallest absolute Gasteiger partial charge is 0.306 e. The zero-order valence-electron chi connectivity index (χ0n) is 18.2. The second-order valence-electron chi connectivity index (χ2n) is 8.08. The Morgan fingerprint density at radius 2 is 1.55 bits per heavy atom. The molecular formula is C24H26Cl2N2O5. The van der Waals surface area contributed by atoms with Gasteiger partial charge < -0.3 is 20.5 Å². The summed E-state index contributed by atoms with van der Waals surface area (Å²) in [7, 11) is 0. The van der Waals surface area contributed by atoms with E-state index in [9.17, 15) is 14.4 Å². The number of benzene rings is 2. The molecule has 33 heavy (non-hydrogen) atoms. The average Bonchev–Trinajstić information content (AvgIpc) is 2.76. The molecule has 0 heterocycles. The summed E-state index contributed by atoms with van der Waals surface area (Å²) in [5.41, 5.74) is 1.63. The van der Waals surface area contributed by atoms with Crippen LogP contribution in [0.15, 0.2) is 36.4 Å². The van der Waals surface area contributed by atoms with Gasteiger partial charge in [0.25, 0.3) is 11.8 Å². The van der Waals surface area contributed by atoms with Gasteiger partial charge in [-0.15, -0.1) is 0 Å². The highest BCUT2D eigenvalue weighted by molar-refractivity contribution is 6.35. The van der Waals surface area contributed by atoms with E-state index in [0.717, 1.165) is 5.56 Å². The number of nitrogens with one attached hydrogen (secondary N) is 2. The molecule has 3 N–H and O–H groups in total. The van der Waals surface area contributed by atoms with Crippen molar-refractivity contribution in [3.05, 3.63) is 63.1 Å². The van der Waals surface area contributed by atoms with Gasteiger partial charge in [-0.05, 0) is 74.6 Å². The first-order chi connectivity index (χ1) is 15.7. The van der Waals surface area contributed by atoms with Gasteiger partial charge in [-0.25, -0.2) is 0 Å². The van der Waals surface area contributed by atoms with Crippen LogP contribution < -0.4 is 15.4 Å². The van der Waals surface area contributed by atoms with Crippen LogP contribution >= 0.6 is 23.2 Å². The van der Waals surface area contributed by atoms with Crippen molar-refractivity contribution in [2.24, 2.45) is 5.92 Å². The van der Waals surface area contributed by atoms with E-state index in [1.165, 1.54) is 12.1 Å². The molecule has 1 fully saturated rings. The summed E-state index contributed by atoms with van der Waals surface area (Å²) in [4.78, 5) is 35.8. The van der Waals surface area contributed by atoms with E-state index in [1.807, 2.05) is 13.0 Å². The fourth-order valence-electron chi connectivity index (χ4n) is 3.82. The van der Waals surface area contributed by atoms with E-state index >= 15 is 0 Å². The summed E-state index contributed by atoms with van der Waals surface area (Å²) in [6.07, 6.45) is 2.61. The zero-order chi connectivity index (χ0) is 24.0. The van der Waals surface area contributed by atoms with E-state index in [1.54, 1.807) is 18.2 Å². The molecule has 0 unspecified atom stereocenters. The molecule has 2 amide bonds. The number of halogens is 2. The van der Waals surface area contributed by atoms with Gasteiger partial charge in [0.05, 0.1) is 12.0 Å². The first-order valence-electron chi connectivity index (χ1n) is 10.8. The third-order valence-corrected chi connectivity index (χ3v) is 6.03. The molecule has 2 aromatic carbocycles. The van der Waals surface area contributed by atoms with Crippen LogP contribution in [-0.2, 0) is 4.79 Å². The predicted molar refractivity (Wildman–Crippen MR) is 126 cm³/mol. The third-order valence-electron chi connectivity index (χ3n) is 5.59. The Hall–Kier alpha value is -2.77. The van der Waals surface area contributed by atoms with E-state index in [0.29, 0.717) is 52.6 Å². The predicted octanol–water partition coefficient (Wildman–Crippen LogP) is 4.48. The Morgan fingerprint density at radius 3 is 2.12 bits per heavy atom. The van der Waals surface area contributed by atoms with Crippen molar-refractivity contribution in [1.29, 1.82) is 0 Å². The lowest BCUT2D eigenvalue weighted by atomic mass is 9.87. The summed E-state index contributed by atoms with van der Waals surface area (Å²) >= 11 is 11.8. The molecule has 3 rings (SSSR count). The molecule has 7 nitrogen and oxygen atoms in total. The van der Waals surface area contributed by atoms with Gasteiger partial charge in [0.15, 0.2) is 0 Å². The van der Waals surface area contributed by atoms with Crippen molar-refractivity contribution in [1.82, 2.24) is 10.6 Å².